The van der Waals surface area contributed by atoms with E-state index in [1.165, 1.54) is 0 Å². The molecule has 1 aromatic rings. The van der Waals surface area contributed by atoms with E-state index < -0.39 is 22.7 Å². The summed E-state index contributed by atoms with van der Waals surface area (Å²) in [5.74, 6) is -0.637. The fourth-order valence-electron chi connectivity index (χ4n) is 6.77. The van der Waals surface area contributed by atoms with Gasteiger partial charge in [-0.25, -0.2) is 0 Å². The van der Waals surface area contributed by atoms with Crippen molar-refractivity contribution >= 4 is 5.97 Å². The molecule has 0 aromatic heterocycles. The topological polar surface area (TPSA) is 102 Å². The summed E-state index contributed by atoms with van der Waals surface area (Å²) < 4.78 is 5.56. The Morgan fingerprint density at radius 1 is 1.28 bits per heavy atom. The first-order valence-corrected chi connectivity index (χ1v) is 11.8. The number of rotatable bonds is 3. The highest BCUT2D eigenvalue weighted by molar-refractivity contribution is 5.75. The van der Waals surface area contributed by atoms with Crippen molar-refractivity contribution in [3.8, 4) is 11.5 Å². The number of carbonyl (C=O) groups is 1. The molecule has 2 unspecified atom stereocenters. The third kappa shape index (κ3) is 3.32. The van der Waals surface area contributed by atoms with Crippen molar-refractivity contribution in [2.45, 2.75) is 95.0 Å². The molecule has 2 bridgehead atoms. The Bertz CT molecular complexity index is 912. The van der Waals surface area contributed by atoms with Crippen LogP contribution >= 0.6 is 0 Å². The maximum Gasteiger partial charge on any atom is 0.323 e. The van der Waals surface area contributed by atoms with Crippen LogP contribution in [0.5, 0.6) is 11.5 Å². The Balaban J connectivity index is 1.74. The lowest BCUT2D eigenvalue weighted by Gasteiger charge is -2.66. The highest BCUT2D eigenvalue weighted by Crippen LogP contribution is 2.62. The number of benzene rings is 1. The highest BCUT2D eigenvalue weighted by atomic mass is 16.6. The summed E-state index contributed by atoms with van der Waals surface area (Å²) in [6, 6.07) is 2.82. The molecule has 2 fully saturated rings. The molecule has 1 aromatic carbocycles. The number of esters is 1. The van der Waals surface area contributed by atoms with Crippen LogP contribution < -0.4 is 5.32 Å². The van der Waals surface area contributed by atoms with E-state index in [0.29, 0.717) is 31.2 Å². The van der Waals surface area contributed by atoms with Crippen LogP contribution in [0.4, 0.5) is 0 Å². The highest BCUT2D eigenvalue weighted by Gasteiger charge is 2.67. The molecule has 0 amide bonds. The van der Waals surface area contributed by atoms with Gasteiger partial charge >= 0.3 is 5.97 Å². The maximum atomic E-state index is 12.6. The maximum absolute atomic E-state index is 12.6. The lowest BCUT2D eigenvalue weighted by Crippen LogP contribution is -2.76. The van der Waals surface area contributed by atoms with Crippen LogP contribution in [0, 0.1) is 5.92 Å². The first kappa shape index (κ1) is 23.3. The van der Waals surface area contributed by atoms with Crippen LogP contribution in [0.15, 0.2) is 12.1 Å². The number of hydrogen-bond acceptors (Lipinski definition) is 7. The summed E-state index contributed by atoms with van der Waals surface area (Å²) in [5.41, 5.74) is -0.631. The summed E-state index contributed by atoms with van der Waals surface area (Å²) in [5, 5.41) is 37.1. The SMILES string of the molecule is C[C@H](NC1CC[C@@]2(O)C3Cc4ccc(O)c(O)c4[C@@]2(CCN3C)[C@H]1C)C(=O)OC(C)(C)C. The van der Waals surface area contributed by atoms with E-state index in [-0.39, 0.29) is 35.5 Å². The molecule has 1 saturated carbocycles. The van der Waals surface area contributed by atoms with Crippen molar-refractivity contribution in [1.29, 1.82) is 0 Å². The molecule has 32 heavy (non-hydrogen) atoms. The second kappa shape index (κ2) is 7.61. The summed E-state index contributed by atoms with van der Waals surface area (Å²) in [4.78, 5) is 14.9. The van der Waals surface area contributed by atoms with E-state index in [4.69, 9.17) is 4.74 Å². The first-order valence-electron chi connectivity index (χ1n) is 11.8. The van der Waals surface area contributed by atoms with Gasteiger partial charge in [-0.15, -0.1) is 0 Å². The van der Waals surface area contributed by atoms with Crippen molar-refractivity contribution in [1.82, 2.24) is 10.2 Å². The van der Waals surface area contributed by atoms with Gasteiger partial charge in [-0.1, -0.05) is 13.0 Å². The minimum atomic E-state index is -1.02. The number of aromatic hydroxyl groups is 2. The molecule has 7 nitrogen and oxygen atoms in total. The van der Waals surface area contributed by atoms with Crippen LogP contribution in [-0.4, -0.2) is 69.1 Å². The molecule has 4 rings (SSSR count). The van der Waals surface area contributed by atoms with Crippen LogP contribution in [0.25, 0.3) is 0 Å². The molecule has 178 valence electrons. The van der Waals surface area contributed by atoms with Crippen molar-refractivity contribution in [3.05, 3.63) is 23.3 Å². The average Bonchev–Trinajstić information content (AvgIpc) is 2.69. The predicted molar refractivity (Wildman–Crippen MR) is 122 cm³/mol. The largest absolute Gasteiger partial charge is 0.504 e. The monoisotopic (exact) mass is 446 g/mol. The molecule has 3 aliphatic rings. The van der Waals surface area contributed by atoms with Gasteiger partial charge in [0.25, 0.3) is 0 Å². The Morgan fingerprint density at radius 3 is 2.62 bits per heavy atom. The second-order valence-corrected chi connectivity index (χ2v) is 11.2. The molecule has 7 heteroatoms. The van der Waals surface area contributed by atoms with Gasteiger partial charge in [0.1, 0.15) is 11.6 Å². The van der Waals surface area contributed by atoms with E-state index in [1.54, 1.807) is 6.07 Å². The van der Waals surface area contributed by atoms with Gasteiger partial charge in [-0.3, -0.25) is 4.79 Å². The molecule has 1 saturated heterocycles. The minimum Gasteiger partial charge on any atom is -0.504 e. The summed E-state index contributed by atoms with van der Waals surface area (Å²) >= 11 is 0. The van der Waals surface area contributed by atoms with Gasteiger partial charge in [-0.05, 0) is 84.5 Å². The zero-order valence-electron chi connectivity index (χ0n) is 20.1. The fourth-order valence-corrected chi connectivity index (χ4v) is 6.77. The number of phenols is 2. The predicted octanol–water partition coefficient (Wildman–Crippen LogP) is 2.45. The lowest BCUT2D eigenvalue weighted by atomic mass is 9.45. The van der Waals surface area contributed by atoms with Crippen molar-refractivity contribution in [3.63, 3.8) is 0 Å². The zero-order chi connectivity index (χ0) is 23.6. The number of carbonyl (C=O) groups excluding carboxylic acids is 1. The molecule has 2 aliphatic carbocycles. The number of phenolic OH excluding ortho intramolecular Hbond substituents is 2. The van der Waals surface area contributed by atoms with Gasteiger partial charge in [-0.2, -0.15) is 0 Å². The van der Waals surface area contributed by atoms with Crippen LogP contribution in [0.3, 0.4) is 0 Å². The molecule has 1 aliphatic heterocycles. The Hall–Kier alpha value is -1.83. The summed E-state index contributed by atoms with van der Waals surface area (Å²) in [7, 11) is 2.05. The smallest absolute Gasteiger partial charge is 0.323 e. The molecule has 4 N–H and O–H groups in total. The van der Waals surface area contributed by atoms with Gasteiger partial charge in [0, 0.05) is 23.1 Å². The molecule has 0 radical (unpaired) electrons. The second-order valence-electron chi connectivity index (χ2n) is 11.2. The van der Waals surface area contributed by atoms with Gasteiger partial charge < -0.3 is 30.3 Å². The Kier molecular flexibility index (Phi) is 5.55. The first-order chi connectivity index (χ1) is 14.8. The number of aliphatic hydroxyl groups is 1. The third-order valence-corrected chi connectivity index (χ3v) is 8.26. The molecule has 0 spiro atoms. The van der Waals surface area contributed by atoms with Crippen molar-refractivity contribution in [2.24, 2.45) is 5.92 Å². The Labute approximate surface area is 190 Å². The van der Waals surface area contributed by atoms with E-state index >= 15 is 0 Å². The van der Waals surface area contributed by atoms with Crippen LogP contribution in [0.2, 0.25) is 0 Å². The molecular formula is C25H38N2O5. The number of likely N-dealkylation sites (N-methyl/N-ethyl adjacent to an activating group) is 1. The molecule has 1 heterocycles. The number of ether oxygens (including phenoxy) is 1. The normalized spacial score (nSPS) is 35.5. The third-order valence-electron chi connectivity index (χ3n) is 8.26. The number of nitrogens with zero attached hydrogens (tertiary/aromatic N) is 1. The lowest BCUT2D eigenvalue weighted by molar-refractivity contribution is -0.185. The van der Waals surface area contributed by atoms with Gasteiger partial charge in [0.05, 0.1) is 5.60 Å². The summed E-state index contributed by atoms with van der Waals surface area (Å²) in [6.45, 7) is 10.3. The molecular weight excluding hydrogens is 408 g/mol. The zero-order valence-corrected chi connectivity index (χ0v) is 20.1. The van der Waals surface area contributed by atoms with E-state index in [0.717, 1.165) is 12.1 Å². The number of nitrogens with one attached hydrogen (secondary N) is 1. The number of likely N-dealkylation sites (tertiary alicyclic amines) is 1. The van der Waals surface area contributed by atoms with Crippen molar-refractivity contribution < 1.29 is 24.9 Å². The fraction of sp³-hybridized carbons (Fsp3) is 0.720. The van der Waals surface area contributed by atoms with Crippen molar-refractivity contribution in [2.75, 3.05) is 13.6 Å². The number of fused-ring (bicyclic) bond motifs is 1. The number of piperidine rings is 1. The van der Waals surface area contributed by atoms with E-state index in [9.17, 15) is 20.1 Å². The standard InChI is InChI=1S/C25H38N2O5/c1-14-17(26-15(2)22(30)32-23(3,4)5)9-10-25(31)19-13-16-7-8-18(28)21(29)20(16)24(14,25)11-12-27(19)6/h7-8,14-15,17,19,26,28-29,31H,9-13H2,1-6H3/t14-,15-,17?,19?,24+,25+/m0/s1. The van der Waals surface area contributed by atoms with Gasteiger partial charge in [0.15, 0.2) is 11.5 Å². The van der Waals surface area contributed by atoms with Crippen LogP contribution in [0.1, 0.15) is 65.0 Å². The number of hydrogen-bond donors (Lipinski definition) is 4. The quantitative estimate of drug-likeness (QED) is 0.418. The molecule has 6 atom stereocenters. The average molecular weight is 447 g/mol. The van der Waals surface area contributed by atoms with E-state index in [2.05, 4.69) is 24.2 Å². The summed E-state index contributed by atoms with van der Waals surface area (Å²) in [6.07, 6.45) is 2.57. The van der Waals surface area contributed by atoms with Crippen LogP contribution in [-0.2, 0) is 21.4 Å². The Morgan fingerprint density at radius 2 is 1.97 bits per heavy atom. The van der Waals surface area contributed by atoms with Gasteiger partial charge in [0.2, 0.25) is 0 Å². The minimum absolute atomic E-state index is 0.0467. The van der Waals surface area contributed by atoms with E-state index in [1.807, 2.05) is 33.8 Å².